The number of halogens is 1. The standard InChI is InChI=1S/C26H28FN5O4/c1-25(2,3)36-23(33)31-12-19-20(13-31)26(19,14-29)22-7-4-15(10-30-22)18-6-5-16(8-21(18)27)32-11-17(9-28)35-24(32)34/h4-8,10,17,19-20H,9,11-13,28H2,1-3H3/t17-,19-,20+,26-/m0/s1. The van der Waals surface area contributed by atoms with Gasteiger partial charge in [-0.15, -0.1) is 0 Å². The number of carbonyl (C=O) groups excluding carboxylic acids is 2. The van der Waals surface area contributed by atoms with Gasteiger partial charge in [-0.1, -0.05) is 6.07 Å². The minimum atomic E-state index is -0.755. The summed E-state index contributed by atoms with van der Waals surface area (Å²) in [7, 11) is 0. The molecule has 3 heterocycles. The summed E-state index contributed by atoms with van der Waals surface area (Å²) in [6.45, 7) is 6.81. The van der Waals surface area contributed by atoms with Crippen molar-refractivity contribution in [1.29, 1.82) is 5.26 Å². The van der Waals surface area contributed by atoms with Crippen molar-refractivity contribution in [3.8, 4) is 17.2 Å². The van der Waals surface area contributed by atoms with Gasteiger partial charge in [0.2, 0.25) is 0 Å². The molecule has 1 aliphatic carbocycles. The Labute approximate surface area is 208 Å². The molecule has 1 aromatic carbocycles. The van der Waals surface area contributed by atoms with E-state index in [4.69, 9.17) is 15.2 Å². The maximum atomic E-state index is 15.0. The molecular formula is C26H28FN5O4. The number of carbonyl (C=O) groups is 2. The van der Waals surface area contributed by atoms with Crippen molar-refractivity contribution in [1.82, 2.24) is 9.88 Å². The molecule has 4 atom stereocenters. The Hall–Kier alpha value is -3.71. The fourth-order valence-corrected chi connectivity index (χ4v) is 5.27. The number of benzene rings is 1. The van der Waals surface area contributed by atoms with Gasteiger partial charge in [0.15, 0.2) is 0 Å². The average molecular weight is 494 g/mol. The number of nitrogens with two attached hydrogens (primary N) is 1. The molecule has 188 valence electrons. The van der Waals surface area contributed by atoms with Gasteiger partial charge in [0.05, 0.1) is 24.0 Å². The van der Waals surface area contributed by atoms with E-state index in [1.165, 1.54) is 11.0 Å². The number of hydrogen-bond acceptors (Lipinski definition) is 7. The number of piperidine rings is 1. The first-order valence-corrected chi connectivity index (χ1v) is 11.9. The lowest BCUT2D eigenvalue weighted by atomic mass is 9.95. The maximum absolute atomic E-state index is 15.0. The van der Waals surface area contributed by atoms with Crippen LogP contribution in [0, 0.1) is 29.0 Å². The molecule has 2 saturated heterocycles. The first-order chi connectivity index (χ1) is 17.1. The van der Waals surface area contributed by atoms with E-state index in [-0.39, 0.29) is 31.0 Å². The van der Waals surface area contributed by atoms with E-state index < -0.39 is 29.0 Å². The van der Waals surface area contributed by atoms with E-state index in [1.807, 2.05) is 20.8 Å². The molecule has 3 fully saturated rings. The van der Waals surface area contributed by atoms with Gasteiger partial charge >= 0.3 is 12.2 Å². The number of nitriles is 1. The average Bonchev–Trinajstić information content (AvgIpc) is 3.13. The van der Waals surface area contributed by atoms with Gasteiger partial charge in [-0.25, -0.2) is 14.0 Å². The van der Waals surface area contributed by atoms with Crippen molar-refractivity contribution in [3.63, 3.8) is 0 Å². The summed E-state index contributed by atoms with van der Waals surface area (Å²) < 4.78 is 25.6. The lowest BCUT2D eigenvalue weighted by Gasteiger charge is -2.27. The number of pyridine rings is 1. The van der Waals surface area contributed by atoms with Crippen molar-refractivity contribution in [2.75, 3.05) is 31.1 Å². The number of anilines is 1. The lowest BCUT2D eigenvalue weighted by Crippen LogP contribution is -2.39. The summed E-state index contributed by atoms with van der Waals surface area (Å²) in [5.41, 5.74) is 6.14. The van der Waals surface area contributed by atoms with E-state index in [0.717, 1.165) is 0 Å². The van der Waals surface area contributed by atoms with Crippen molar-refractivity contribution in [3.05, 3.63) is 48.0 Å². The first kappa shape index (κ1) is 24.0. The topological polar surface area (TPSA) is 122 Å². The van der Waals surface area contributed by atoms with E-state index in [2.05, 4.69) is 11.1 Å². The normalized spacial score (nSPS) is 26.9. The second-order valence-corrected chi connectivity index (χ2v) is 10.5. The molecule has 2 amide bonds. The molecule has 1 saturated carbocycles. The molecule has 3 aliphatic rings. The Morgan fingerprint density at radius 1 is 1.28 bits per heavy atom. The Morgan fingerprint density at radius 2 is 2.00 bits per heavy atom. The third-order valence-electron chi connectivity index (χ3n) is 7.12. The summed E-state index contributed by atoms with van der Waals surface area (Å²) >= 11 is 0. The number of rotatable bonds is 4. The van der Waals surface area contributed by atoms with Gasteiger partial charge in [-0.05, 0) is 45.0 Å². The van der Waals surface area contributed by atoms with Gasteiger partial charge in [-0.3, -0.25) is 9.88 Å². The SMILES string of the molecule is CC(C)(C)OC(=O)N1C[C@@H]2[C@H](C1)[C@]2(C#N)c1ccc(-c2ccc(N3C[C@H](CN)OC3=O)cc2F)cn1. The maximum Gasteiger partial charge on any atom is 0.414 e. The predicted molar refractivity (Wildman–Crippen MR) is 128 cm³/mol. The van der Waals surface area contributed by atoms with E-state index in [1.54, 1.807) is 35.4 Å². The van der Waals surface area contributed by atoms with Crippen molar-refractivity contribution >= 4 is 17.9 Å². The molecule has 2 aromatic rings. The number of hydrogen-bond donors (Lipinski definition) is 1. The summed E-state index contributed by atoms with van der Waals surface area (Å²) in [6, 6.07) is 10.5. The molecule has 1 aromatic heterocycles. The molecule has 9 nitrogen and oxygen atoms in total. The number of cyclic esters (lactones) is 1. The van der Waals surface area contributed by atoms with Crippen molar-refractivity contribution in [2.24, 2.45) is 17.6 Å². The van der Waals surface area contributed by atoms with Crippen LogP contribution in [-0.2, 0) is 14.9 Å². The Bertz CT molecular complexity index is 1240. The minimum Gasteiger partial charge on any atom is -0.444 e. The highest BCUT2D eigenvalue weighted by atomic mass is 19.1. The number of fused-ring (bicyclic) bond motifs is 1. The quantitative estimate of drug-likeness (QED) is 0.692. The summed E-state index contributed by atoms with van der Waals surface area (Å²) in [6.07, 6.45) is 0.221. The molecule has 0 unspecified atom stereocenters. The lowest BCUT2D eigenvalue weighted by molar-refractivity contribution is 0.0265. The Kier molecular flexibility index (Phi) is 5.63. The Balaban J connectivity index is 1.30. The molecule has 2 N–H and O–H groups in total. The van der Waals surface area contributed by atoms with Gasteiger partial charge in [0, 0.05) is 48.8 Å². The van der Waals surface area contributed by atoms with Crippen LogP contribution in [0.1, 0.15) is 26.5 Å². The Morgan fingerprint density at radius 3 is 2.53 bits per heavy atom. The molecule has 0 spiro atoms. The van der Waals surface area contributed by atoms with Gasteiger partial charge in [0.1, 0.15) is 22.9 Å². The smallest absolute Gasteiger partial charge is 0.414 e. The van der Waals surface area contributed by atoms with Crippen LogP contribution in [0.25, 0.3) is 11.1 Å². The molecular weight excluding hydrogens is 465 g/mol. The van der Waals surface area contributed by atoms with Crippen LogP contribution < -0.4 is 10.6 Å². The minimum absolute atomic E-state index is 0.0121. The fourth-order valence-electron chi connectivity index (χ4n) is 5.27. The summed E-state index contributed by atoms with van der Waals surface area (Å²) in [4.78, 5) is 32.0. The van der Waals surface area contributed by atoms with E-state index >= 15 is 0 Å². The van der Waals surface area contributed by atoms with Gasteiger partial charge < -0.3 is 20.1 Å². The number of nitrogens with zero attached hydrogens (tertiary/aromatic N) is 4. The second kappa shape index (κ2) is 8.45. The molecule has 0 bridgehead atoms. The van der Waals surface area contributed by atoms with E-state index in [9.17, 15) is 19.2 Å². The number of amides is 2. The summed E-state index contributed by atoms with van der Waals surface area (Å²) in [5.74, 6) is -0.527. The second-order valence-electron chi connectivity index (χ2n) is 10.5. The van der Waals surface area contributed by atoms with Gasteiger partial charge in [0.25, 0.3) is 0 Å². The molecule has 2 aliphatic heterocycles. The molecule has 36 heavy (non-hydrogen) atoms. The largest absolute Gasteiger partial charge is 0.444 e. The van der Waals surface area contributed by atoms with Crippen LogP contribution in [0.15, 0.2) is 36.5 Å². The highest BCUT2D eigenvalue weighted by Gasteiger charge is 2.71. The third-order valence-corrected chi connectivity index (χ3v) is 7.12. The zero-order chi connectivity index (χ0) is 25.8. The van der Waals surface area contributed by atoms with Crippen LogP contribution in [0.4, 0.5) is 19.7 Å². The van der Waals surface area contributed by atoms with E-state index in [0.29, 0.717) is 35.6 Å². The highest BCUT2D eigenvalue weighted by Crippen LogP contribution is 2.62. The van der Waals surface area contributed by atoms with Gasteiger partial charge in [-0.2, -0.15) is 5.26 Å². The monoisotopic (exact) mass is 493 g/mol. The first-order valence-electron chi connectivity index (χ1n) is 11.9. The van der Waals surface area contributed by atoms with Crippen LogP contribution in [0.3, 0.4) is 0 Å². The van der Waals surface area contributed by atoms with Crippen molar-refractivity contribution < 1.29 is 23.5 Å². The van der Waals surface area contributed by atoms with Crippen LogP contribution in [-0.4, -0.2) is 60.0 Å². The van der Waals surface area contributed by atoms with Crippen molar-refractivity contribution in [2.45, 2.75) is 37.9 Å². The molecule has 5 rings (SSSR count). The predicted octanol–water partition coefficient (Wildman–Crippen LogP) is 3.43. The number of aromatic nitrogens is 1. The number of likely N-dealkylation sites (tertiary alicyclic amines) is 1. The van der Waals surface area contributed by atoms with Crippen LogP contribution >= 0.6 is 0 Å². The summed E-state index contributed by atoms with van der Waals surface area (Å²) in [5, 5.41) is 10.0. The zero-order valence-electron chi connectivity index (χ0n) is 20.4. The number of ether oxygens (including phenoxy) is 2. The van der Waals surface area contributed by atoms with Crippen LogP contribution in [0.5, 0.6) is 0 Å². The van der Waals surface area contributed by atoms with Crippen LogP contribution in [0.2, 0.25) is 0 Å². The third kappa shape index (κ3) is 3.93. The highest BCUT2D eigenvalue weighted by molar-refractivity contribution is 5.90. The molecule has 10 heteroatoms. The fraction of sp³-hybridized carbons (Fsp3) is 0.462. The zero-order valence-corrected chi connectivity index (χ0v) is 20.4. The molecule has 0 radical (unpaired) electrons.